The molecule has 3 aromatic rings. The summed E-state index contributed by atoms with van der Waals surface area (Å²) in [4.78, 5) is 18.4. The largest absolute Gasteiger partial charge is 0.339 e. The molecule has 7 heteroatoms. The van der Waals surface area contributed by atoms with E-state index in [0.717, 1.165) is 11.6 Å². The highest BCUT2D eigenvalue weighted by Gasteiger charge is 2.34. The fraction of sp³-hybridized carbons (Fsp3) is 0.318. The molecule has 1 amide bonds. The van der Waals surface area contributed by atoms with Crippen LogP contribution in [-0.2, 0) is 11.3 Å². The van der Waals surface area contributed by atoms with Crippen LogP contribution >= 0.6 is 0 Å². The van der Waals surface area contributed by atoms with Crippen molar-refractivity contribution in [2.24, 2.45) is 0 Å². The number of benzene rings is 2. The van der Waals surface area contributed by atoms with Crippen molar-refractivity contribution in [3.8, 4) is 11.4 Å². The van der Waals surface area contributed by atoms with Crippen LogP contribution in [0, 0.1) is 11.6 Å². The van der Waals surface area contributed by atoms with E-state index in [0.29, 0.717) is 24.2 Å². The van der Waals surface area contributed by atoms with Gasteiger partial charge in [0.1, 0.15) is 11.6 Å². The third-order valence-electron chi connectivity index (χ3n) is 5.22. The second kappa shape index (κ2) is 7.73. The lowest BCUT2D eigenvalue weighted by Gasteiger charge is -2.16. The van der Waals surface area contributed by atoms with Crippen LogP contribution in [0.2, 0.25) is 0 Å². The minimum absolute atomic E-state index is 0.0824. The van der Waals surface area contributed by atoms with Gasteiger partial charge in [-0.15, -0.1) is 0 Å². The number of nitrogens with zero attached hydrogens (tertiary/aromatic N) is 3. The predicted molar refractivity (Wildman–Crippen MR) is 103 cm³/mol. The molecule has 1 fully saturated rings. The van der Waals surface area contributed by atoms with Gasteiger partial charge in [0, 0.05) is 36.7 Å². The molecule has 1 atom stereocenters. The first-order valence-electron chi connectivity index (χ1n) is 9.56. The third-order valence-corrected chi connectivity index (χ3v) is 5.22. The summed E-state index contributed by atoms with van der Waals surface area (Å²) in [6.07, 6.45) is 0.219. The Bertz CT molecular complexity index is 1030. The van der Waals surface area contributed by atoms with Gasteiger partial charge in [-0.05, 0) is 17.5 Å². The highest BCUT2D eigenvalue weighted by atomic mass is 19.1. The first-order valence-corrected chi connectivity index (χ1v) is 9.56. The quantitative estimate of drug-likeness (QED) is 0.629. The fourth-order valence-electron chi connectivity index (χ4n) is 3.48. The van der Waals surface area contributed by atoms with Gasteiger partial charge in [0.2, 0.25) is 17.6 Å². The summed E-state index contributed by atoms with van der Waals surface area (Å²) in [5.41, 5.74) is 2.35. The molecule has 2 aromatic carbocycles. The first kappa shape index (κ1) is 19.2. The maximum atomic E-state index is 13.9. The number of carbonyl (C=O) groups is 1. The minimum Gasteiger partial charge on any atom is -0.339 e. The lowest BCUT2D eigenvalue weighted by molar-refractivity contribution is -0.128. The number of aromatic nitrogens is 2. The standard InChI is InChI=1S/C22H21F2N3O2/c1-13(2)14-3-5-15(6-4-14)21-25-22(29-26-21)17-9-20(28)27(12-17)11-16-7-8-18(23)10-19(16)24/h3-8,10,13,17H,9,11-12H2,1-2H3. The highest BCUT2D eigenvalue weighted by molar-refractivity contribution is 5.79. The van der Waals surface area contributed by atoms with Crippen molar-refractivity contribution in [2.45, 2.75) is 38.6 Å². The molecule has 0 N–H and O–H groups in total. The van der Waals surface area contributed by atoms with E-state index in [1.54, 1.807) is 0 Å². The number of halogens is 2. The van der Waals surface area contributed by atoms with Crippen LogP contribution in [0.5, 0.6) is 0 Å². The molecule has 0 aliphatic carbocycles. The van der Waals surface area contributed by atoms with E-state index >= 15 is 0 Å². The molecule has 5 nitrogen and oxygen atoms in total. The smallest absolute Gasteiger partial charge is 0.232 e. The van der Waals surface area contributed by atoms with E-state index in [4.69, 9.17) is 4.52 Å². The Balaban J connectivity index is 1.46. The van der Waals surface area contributed by atoms with Crippen LogP contribution in [-0.4, -0.2) is 27.5 Å². The van der Waals surface area contributed by atoms with Gasteiger partial charge in [0.15, 0.2) is 0 Å². The van der Waals surface area contributed by atoms with Gasteiger partial charge in [0.25, 0.3) is 0 Å². The molecule has 1 unspecified atom stereocenters. The second-order valence-corrected chi connectivity index (χ2v) is 7.64. The highest BCUT2D eigenvalue weighted by Crippen LogP contribution is 2.30. The van der Waals surface area contributed by atoms with Gasteiger partial charge < -0.3 is 9.42 Å². The number of rotatable bonds is 5. The fourth-order valence-corrected chi connectivity index (χ4v) is 3.48. The average molecular weight is 397 g/mol. The van der Waals surface area contributed by atoms with Crippen LogP contribution in [0.25, 0.3) is 11.4 Å². The van der Waals surface area contributed by atoms with Crippen molar-refractivity contribution < 1.29 is 18.1 Å². The monoisotopic (exact) mass is 397 g/mol. The Labute approximate surface area is 167 Å². The summed E-state index contributed by atoms with van der Waals surface area (Å²) in [5, 5.41) is 4.05. The Hall–Kier alpha value is -3.09. The number of amides is 1. The minimum atomic E-state index is -0.661. The Kier molecular flexibility index (Phi) is 5.13. The first-order chi connectivity index (χ1) is 13.9. The van der Waals surface area contributed by atoms with Gasteiger partial charge in [-0.3, -0.25) is 4.79 Å². The van der Waals surface area contributed by atoms with Gasteiger partial charge in [-0.2, -0.15) is 4.98 Å². The van der Waals surface area contributed by atoms with Gasteiger partial charge in [-0.1, -0.05) is 49.3 Å². The van der Waals surface area contributed by atoms with Gasteiger partial charge in [0.05, 0.1) is 5.92 Å². The second-order valence-electron chi connectivity index (χ2n) is 7.64. The Morgan fingerprint density at radius 1 is 1.17 bits per heavy atom. The summed E-state index contributed by atoms with van der Waals surface area (Å²) in [6, 6.07) is 11.3. The molecule has 29 heavy (non-hydrogen) atoms. The molecule has 2 heterocycles. The molecule has 1 aliphatic heterocycles. The summed E-state index contributed by atoms with van der Waals surface area (Å²) in [7, 11) is 0. The molecule has 150 valence electrons. The summed E-state index contributed by atoms with van der Waals surface area (Å²) >= 11 is 0. The molecule has 1 aromatic heterocycles. The Morgan fingerprint density at radius 2 is 1.93 bits per heavy atom. The maximum absolute atomic E-state index is 13.9. The molecule has 0 bridgehead atoms. The average Bonchev–Trinajstić information content (AvgIpc) is 3.31. The zero-order valence-corrected chi connectivity index (χ0v) is 16.2. The zero-order valence-electron chi connectivity index (χ0n) is 16.2. The number of hydrogen-bond acceptors (Lipinski definition) is 4. The number of likely N-dealkylation sites (tertiary alicyclic amines) is 1. The number of hydrogen-bond donors (Lipinski definition) is 0. The van der Waals surface area contributed by atoms with Gasteiger partial charge >= 0.3 is 0 Å². The van der Waals surface area contributed by atoms with E-state index in [1.807, 2.05) is 24.3 Å². The summed E-state index contributed by atoms with van der Waals surface area (Å²) in [5.74, 6) is -0.370. The van der Waals surface area contributed by atoms with Crippen LogP contribution in [0.4, 0.5) is 8.78 Å². The lowest BCUT2D eigenvalue weighted by Crippen LogP contribution is -2.25. The van der Waals surface area contributed by atoms with Crippen molar-refractivity contribution in [1.29, 1.82) is 0 Å². The van der Waals surface area contributed by atoms with Crippen LogP contribution in [0.15, 0.2) is 47.0 Å². The molecule has 0 radical (unpaired) electrons. The van der Waals surface area contributed by atoms with Crippen LogP contribution < -0.4 is 0 Å². The molecule has 1 aliphatic rings. The third kappa shape index (κ3) is 4.04. The molecular formula is C22H21F2N3O2. The zero-order chi connectivity index (χ0) is 20.5. The number of carbonyl (C=O) groups excluding carboxylic acids is 1. The topological polar surface area (TPSA) is 59.2 Å². The molecule has 0 saturated carbocycles. The predicted octanol–water partition coefficient (Wildman–Crippen LogP) is 4.65. The molecule has 4 rings (SSSR count). The van der Waals surface area contributed by atoms with E-state index in [2.05, 4.69) is 24.0 Å². The van der Waals surface area contributed by atoms with Gasteiger partial charge in [-0.25, -0.2) is 8.78 Å². The van der Waals surface area contributed by atoms with Crippen LogP contribution in [0.3, 0.4) is 0 Å². The maximum Gasteiger partial charge on any atom is 0.232 e. The van der Waals surface area contributed by atoms with Crippen LogP contribution in [0.1, 0.15) is 49.1 Å². The van der Waals surface area contributed by atoms with E-state index in [-0.39, 0.29) is 30.4 Å². The van der Waals surface area contributed by atoms with Crippen molar-refractivity contribution >= 4 is 5.91 Å². The van der Waals surface area contributed by atoms with Crippen molar-refractivity contribution in [1.82, 2.24) is 15.0 Å². The normalized spacial score (nSPS) is 16.8. The van der Waals surface area contributed by atoms with Crippen molar-refractivity contribution in [3.05, 3.63) is 71.1 Å². The van der Waals surface area contributed by atoms with Crippen molar-refractivity contribution in [2.75, 3.05) is 6.54 Å². The van der Waals surface area contributed by atoms with Crippen molar-refractivity contribution in [3.63, 3.8) is 0 Å². The molecular weight excluding hydrogens is 376 g/mol. The Morgan fingerprint density at radius 3 is 2.62 bits per heavy atom. The summed E-state index contributed by atoms with van der Waals surface area (Å²) < 4.78 is 32.4. The molecule has 0 spiro atoms. The lowest BCUT2D eigenvalue weighted by atomic mass is 10.0. The van der Waals surface area contributed by atoms with E-state index in [1.165, 1.54) is 22.6 Å². The SMILES string of the molecule is CC(C)c1ccc(-c2noc(C3CC(=O)N(Cc4ccc(F)cc4F)C3)n2)cc1. The van der Waals surface area contributed by atoms with E-state index in [9.17, 15) is 13.6 Å². The summed E-state index contributed by atoms with van der Waals surface area (Å²) in [6.45, 7) is 4.69. The van der Waals surface area contributed by atoms with E-state index < -0.39 is 11.6 Å². The molecule has 1 saturated heterocycles.